The molecule has 1 aromatic carbocycles. The Bertz CT molecular complexity index is 863. The van der Waals surface area contributed by atoms with E-state index in [1.807, 2.05) is 48.1 Å². The summed E-state index contributed by atoms with van der Waals surface area (Å²) in [5, 5.41) is 3.14. The Labute approximate surface area is 134 Å². The number of para-hydroxylation sites is 2. The van der Waals surface area contributed by atoms with Crippen molar-refractivity contribution in [2.75, 3.05) is 0 Å². The van der Waals surface area contributed by atoms with Crippen molar-refractivity contribution >= 4 is 16.9 Å². The smallest absolute Gasteiger partial charge is 0.240 e. The third-order valence-corrected chi connectivity index (χ3v) is 4.45. The molecule has 0 radical (unpaired) electrons. The Morgan fingerprint density at radius 1 is 1.39 bits per heavy atom. The molecule has 6 nitrogen and oxygen atoms in total. The van der Waals surface area contributed by atoms with Crippen LogP contribution in [0.5, 0.6) is 0 Å². The van der Waals surface area contributed by atoms with Crippen molar-refractivity contribution in [3.8, 4) is 0 Å². The van der Waals surface area contributed by atoms with E-state index >= 15 is 0 Å². The van der Waals surface area contributed by atoms with Crippen LogP contribution in [0, 0.1) is 6.92 Å². The van der Waals surface area contributed by atoms with Crippen molar-refractivity contribution in [3.05, 3.63) is 48.3 Å². The van der Waals surface area contributed by atoms with Crippen LogP contribution in [-0.4, -0.2) is 31.1 Å². The third kappa shape index (κ3) is 2.60. The molecule has 1 atom stereocenters. The van der Waals surface area contributed by atoms with Gasteiger partial charge in [-0.1, -0.05) is 12.1 Å². The maximum atomic E-state index is 12.4. The molecule has 4 rings (SSSR count). The predicted molar refractivity (Wildman–Crippen MR) is 86.9 cm³/mol. The Hall–Kier alpha value is -2.63. The molecule has 1 N–H and O–H groups in total. The molecule has 118 valence electrons. The van der Waals surface area contributed by atoms with Crippen LogP contribution in [0.25, 0.3) is 11.0 Å². The highest BCUT2D eigenvalue weighted by molar-refractivity contribution is 5.81. The summed E-state index contributed by atoms with van der Waals surface area (Å²) in [5.41, 5.74) is 1.93. The van der Waals surface area contributed by atoms with Gasteiger partial charge in [0, 0.05) is 31.4 Å². The molecule has 0 aliphatic carbocycles. The molecule has 1 unspecified atom stereocenters. The number of fused-ring (bicyclic) bond motifs is 2. The average Bonchev–Trinajstić information content (AvgIpc) is 3.12. The number of aryl methyl sites for hydroxylation is 2. The lowest BCUT2D eigenvalue weighted by molar-refractivity contribution is -0.122. The molecule has 0 saturated heterocycles. The van der Waals surface area contributed by atoms with E-state index in [1.54, 1.807) is 0 Å². The lowest BCUT2D eigenvalue weighted by atomic mass is 10.1. The highest BCUT2D eigenvalue weighted by Gasteiger charge is 2.21. The second-order valence-electron chi connectivity index (χ2n) is 6.03. The molecular formula is C17H19N5O. The van der Waals surface area contributed by atoms with Gasteiger partial charge in [0.2, 0.25) is 5.91 Å². The lowest BCUT2D eigenvalue weighted by Crippen LogP contribution is -2.42. The van der Waals surface area contributed by atoms with E-state index in [9.17, 15) is 4.79 Å². The van der Waals surface area contributed by atoms with Crippen LogP contribution in [0.2, 0.25) is 0 Å². The van der Waals surface area contributed by atoms with Crippen molar-refractivity contribution in [1.29, 1.82) is 0 Å². The standard InChI is InChI=1S/C17H19N5O/c1-12-19-14-4-2-3-5-15(14)22(12)11-17(23)20-13-6-7-16-18-8-9-21(16)10-13/h2-5,8-9,13H,6-7,10-11H2,1H3,(H,20,23). The number of carbonyl (C=O) groups is 1. The van der Waals surface area contributed by atoms with E-state index in [-0.39, 0.29) is 11.9 Å². The molecule has 6 heteroatoms. The Morgan fingerprint density at radius 2 is 2.26 bits per heavy atom. The molecule has 0 saturated carbocycles. The number of aromatic nitrogens is 4. The monoisotopic (exact) mass is 309 g/mol. The first-order valence-electron chi connectivity index (χ1n) is 7.92. The fraction of sp³-hybridized carbons (Fsp3) is 0.353. The summed E-state index contributed by atoms with van der Waals surface area (Å²) in [6, 6.07) is 8.07. The van der Waals surface area contributed by atoms with E-state index in [0.717, 1.165) is 42.1 Å². The maximum absolute atomic E-state index is 12.4. The van der Waals surface area contributed by atoms with Gasteiger partial charge in [0.15, 0.2) is 0 Å². The molecule has 3 aromatic rings. The minimum absolute atomic E-state index is 0.0322. The van der Waals surface area contributed by atoms with Crippen molar-refractivity contribution in [2.45, 2.75) is 38.9 Å². The molecule has 2 aromatic heterocycles. The van der Waals surface area contributed by atoms with Gasteiger partial charge in [-0.15, -0.1) is 0 Å². The molecule has 0 bridgehead atoms. The largest absolute Gasteiger partial charge is 0.350 e. The summed E-state index contributed by atoms with van der Waals surface area (Å²) in [6.07, 6.45) is 5.64. The molecular weight excluding hydrogens is 290 g/mol. The minimum atomic E-state index is 0.0322. The Balaban J connectivity index is 1.47. The predicted octanol–water partition coefficient (Wildman–Crippen LogP) is 1.67. The van der Waals surface area contributed by atoms with Crippen molar-refractivity contribution < 1.29 is 4.79 Å². The second kappa shape index (κ2) is 5.53. The fourth-order valence-corrected chi connectivity index (χ4v) is 3.30. The summed E-state index contributed by atoms with van der Waals surface area (Å²) in [4.78, 5) is 21.3. The van der Waals surface area contributed by atoms with E-state index in [4.69, 9.17) is 0 Å². The zero-order valence-corrected chi connectivity index (χ0v) is 13.1. The number of carbonyl (C=O) groups excluding carboxylic acids is 1. The van der Waals surface area contributed by atoms with Crippen molar-refractivity contribution in [2.24, 2.45) is 0 Å². The average molecular weight is 309 g/mol. The number of amides is 1. The highest BCUT2D eigenvalue weighted by Crippen LogP contribution is 2.16. The maximum Gasteiger partial charge on any atom is 0.240 e. The van der Waals surface area contributed by atoms with Gasteiger partial charge in [-0.05, 0) is 25.5 Å². The van der Waals surface area contributed by atoms with Crippen LogP contribution >= 0.6 is 0 Å². The summed E-state index contributed by atoms with van der Waals surface area (Å²) in [5.74, 6) is 2.00. The molecule has 1 aliphatic heterocycles. The van der Waals surface area contributed by atoms with E-state index in [2.05, 4.69) is 19.9 Å². The van der Waals surface area contributed by atoms with Crippen molar-refractivity contribution in [3.63, 3.8) is 0 Å². The molecule has 3 heterocycles. The number of nitrogens with one attached hydrogen (secondary N) is 1. The molecule has 1 amide bonds. The summed E-state index contributed by atoms with van der Waals surface area (Å²) >= 11 is 0. The van der Waals surface area contributed by atoms with Crippen LogP contribution in [0.3, 0.4) is 0 Å². The zero-order chi connectivity index (χ0) is 15.8. The first-order chi connectivity index (χ1) is 11.2. The zero-order valence-electron chi connectivity index (χ0n) is 13.1. The number of imidazole rings is 2. The number of rotatable bonds is 3. The normalized spacial score (nSPS) is 17.2. The van der Waals surface area contributed by atoms with Crippen LogP contribution < -0.4 is 5.32 Å². The number of hydrogen-bond acceptors (Lipinski definition) is 3. The highest BCUT2D eigenvalue weighted by atomic mass is 16.2. The molecule has 0 fully saturated rings. The Kier molecular flexibility index (Phi) is 3.37. The first kappa shape index (κ1) is 14.0. The van der Waals surface area contributed by atoms with Gasteiger partial charge in [0.05, 0.1) is 11.0 Å². The van der Waals surface area contributed by atoms with Gasteiger partial charge in [-0.25, -0.2) is 9.97 Å². The van der Waals surface area contributed by atoms with Crippen LogP contribution in [0.1, 0.15) is 18.1 Å². The van der Waals surface area contributed by atoms with E-state index < -0.39 is 0 Å². The molecule has 23 heavy (non-hydrogen) atoms. The van der Waals surface area contributed by atoms with Gasteiger partial charge in [-0.2, -0.15) is 0 Å². The number of hydrogen-bond donors (Lipinski definition) is 1. The van der Waals surface area contributed by atoms with Gasteiger partial charge in [0.1, 0.15) is 18.2 Å². The fourth-order valence-electron chi connectivity index (χ4n) is 3.30. The lowest BCUT2D eigenvalue weighted by Gasteiger charge is -2.25. The van der Waals surface area contributed by atoms with Gasteiger partial charge in [0.25, 0.3) is 0 Å². The van der Waals surface area contributed by atoms with E-state index in [1.165, 1.54) is 0 Å². The summed E-state index contributed by atoms with van der Waals surface area (Å²) < 4.78 is 4.09. The van der Waals surface area contributed by atoms with Crippen LogP contribution in [-0.2, 0) is 24.3 Å². The quantitative estimate of drug-likeness (QED) is 0.800. The Morgan fingerprint density at radius 3 is 3.17 bits per heavy atom. The molecule has 0 spiro atoms. The van der Waals surface area contributed by atoms with Gasteiger partial charge in [-0.3, -0.25) is 4.79 Å². The van der Waals surface area contributed by atoms with Gasteiger partial charge < -0.3 is 14.5 Å². The second-order valence-corrected chi connectivity index (χ2v) is 6.03. The topological polar surface area (TPSA) is 64.7 Å². The van der Waals surface area contributed by atoms with Crippen LogP contribution in [0.4, 0.5) is 0 Å². The summed E-state index contributed by atoms with van der Waals surface area (Å²) in [7, 11) is 0. The van der Waals surface area contributed by atoms with Crippen molar-refractivity contribution in [1.82, 2.24) is 24.4 Å². The SMILES string of the molecule is Cc1nc2ccccc2n1CC(=O)NC1CCc2nccn2C1. The van der Waals surface area contributed by atoms with Gasteiger partial charge >= 0.3 is 0 Å². The number of nitrogens with zero attached hydrogens (tertiary/aromatic N) is 4. The minimum Gasteiger partial charge on any atom is -0.350 e. The van der Waals surface area contributed by atoms with E-state index in [0.29, 0.717) is 6.54 Å². The summed E-state index contributed by atoms with van der Waals surface area (Å²) in [6.45, 7) is 3.04. The third-order valence-electron chi connectivity index (χ3n) is 4.45. The number of benzene rings is 1. The first-order valence-corrected chi connectivity index (χ1v) is 7.92. The van der Waals surface area contributed by atoms with Crippen LogP contribution in [0.15, 0.2) is 36.7 Å². The molecule has 1 aliphatic rings.